The maximum atomic E-state index is 13.6. The summed E-state index contributed by atoms with van der Waals surface area (Å²) < 4.78 is 0. The molecular formula is C32H34N4O2. The van der Waals surface area contributed by atoms with Gasteiger partial charge in [-0.3, -0.25) is 9.59 Å². The Morgan fingerprint density at radius 2 is 1.68 bits per heavy atom. The topological polar surface area (TPSA) is 68.8 Å². The van der Waals surface area contributed by atoms with Crippen LogP contribution >= 0.6 is 0 Å². The van der Waals surface area contributed by atoms with Crippen LogP contribution in [-0.2, 0) is 4.79 Å². The highest BCUT2D eigenvalue weighted by molar-refractivity contribution is 6.13. The van der Waals surface area contributed by atoms with Gasteiger partial charge in [-0.05, 0) is 56.2 Å². The van der Waals surface area contributed by atoms with E-state index in [0.29, 0.717) is 24.1 Å². The molecule has 0 radical (unpaired) electrons. The fourth-order valence-electron chi connectivity index (χ4n) is 5.40. The van der Waals surface area contributed by atoms with E-state index in [-0.39, 0.29) is 17.5 Å². The van der Waals surface area contributed by atoms with E-state index in [9.17, 15) is 9.59 Å². The average Bonchev–Trinajstić information content (AvgIpc) is 3.38. The van der Waals surface area contributed by atoms with Crippen molar-refractivity contribution in [1.29, 1.82) is 0 Å². The number of hydrogen-bond donors (Lipinski definition) is 1. The Balaban J connectivity index is 1.65. The van der Waals surface area contributed by atoms with Gasteiger partial charge in [0.05, 0.1) is 17.3 Å². The highest BCUT2D eigenvalue weighted by Gasteiger charge is 2.34. The summed E-state index contributed by atoms with van der Waals surface area (Å²) in [5.41, 5.74) is 6.83. The molecule has 5 rings (SSSR count). The first kappa shape index (κ1) is 25.5. The molecule has 0 saturated heterocycles. The first-order chi connectivity index (χ1) is 18.4. The molecule has 1 amide bonds. The summed E-state index contributed by atoms with van der Waals surface area (Å²) >= 11 is 0. The molecule has 1 N–H and O–H groups in total. The van der Waals surface area contributed by atoms with Crippen molar-refractivity contribution in [3.8, 4) is 11.1 Å². The smallest absolute Gasteiger partial charge is 0.258 e. The monoisotopic (exact) mass is 506 g/mol. The van der Waals surface area contributed by atoms with Crippen LogP contribution in [-0.4, -0.2) is 34.7 Å². The summed E-state index contributed by atoms with van der Waals surface area (Å²) in [5, 5.41) is 7.37. The van der Waals surface area contributed by atoms with Crippen molar-refractivity contribution in [2.45, 2.75) is 46.6 Å². The van der Waals surface area contributed by atoms with Crippen molar-refractivity contribution >= 4 is 28.2 Å². The van der Waals surface area contributed by atoms with Crippen LogP contribution in [0.2, 0.25) is 0 Å². The van der Waals surface area contributed by atoms with Crippen LogP contribution < -0.4 is 10.5 Å². The predicted octanol–water partition coefficient (Wildman–Crippen LogP) is 6.44. The Kier molecular flexibility index (Phi) is 7.14. The Morgan fingerprint density at radius 1 is 0.974 bits per heavy atom. The Bertz CT molecular complexity index is 1550. The van der Waals surface area contributed by atoms with E-state index in [0.717, 1.165) is 51.9 Å². The largest absolute Gasteiger partial charge is 0.372 e. The number of hydrazone groups is 1. The number of fused-ring (bicyclic) bond motifs is 1. The Morgan fingerprint density at radius 3 is 2.34 bits per heavy atom. The number of hydrogen-bond acceptors (Lipinski definition) is 4. The second kappa shape index (κ2) is 10.7. The number of nitrogens with zero attached hydrogens (tertiary/aromatic N) is 3. The van der Waals surface area contributed by atoms with Gasteiger partial charge < -0.3 is 9.88 Å². The van der Waals surface area contributed by atoms with Gasteiger partial charge in [0.25, 0.3) is 5.56 Å². The molecule has 194 valence electrons. The van der Waals surface area contributed by atoms with Crippen LogP contribution in [0.3, 0.4) is 0 Å². The maximum absolute atomic E-state index is 13.6. The molecule has 38 heavy (non-hydrogen) atoms. The first-order valence-electron chi connectivity index (χ1n) is 13.4. The molecule has 0 aliphatic carbocycles. The first-order valence-corrected chi connectivity index (χ1v) is 13.4. The van der Waals surface area contributed by atoms with Crippen molar-refractivity contribution < 1.29 is 4.79 Å². The lowest BCUT2D eigenvalue weighted by Gasteiger charge is -2.24. The van der Waals surface area contributed by atoms with Gasteiger partial charge in [0.2, 0.25) is 5.91 Å². The minimum absolute atomic E-state index is 0.0628. The summed E-state index contributed by atoms with van der Waals surface area (Å²) in [6.07, 6.45) is 0.806. The molecule has 6 nitrogen and oxygen atoms in total. The van der Waals surface area contributed by atoms with Crippen LogP contribution in [0.15, 0.2) is 82.7 Å². The molecule has 3 aromatic carbocycles. The summed E-state index contributed by atoms with van der Waals surface area (Å²) in [5.74, 6) is -0.0628. The Labute approximate surface area is 223 Å². The highest BCUT2D eigenvalue weighted by Crippen LogP contribution is 2.37. The van der Waals surface area contributed by atoms with Crippen molar-refractivity contribution in [1.82, 2.24) is 9.99 Å². The number of nitrogens with one attached hydrogen (secondary N) is 1. The third-order valence-corrected chi connectivity index (χ3v) is 7.40. The number of H-pyrrole nitrogens is 1. The predicted molar refractivity (Wildman–Crippen MR) is 156 cm³/mol. The number of anilines is 1. The van der Waals surface area contributed by atoms with Gasteiger partial charge in [-0.25, -0.2) is 5.01 Å². The molecule has 6 heteroatoms. The molecule has 1 unspecified atom stereocenters. The molecule has 4 aromatic rings. The fraction of sp³-hybridized carbons (Fsp3) is 0.281. The van der Waals surface area contributed by atoms with E-state index in [1.165, 1.54) is 0 Å². The van der Waals surface area contributed by atoms with Gasteiger partial charge in [0, 0.05) is 48.1 Å². The molecule has 0 bridgehead atoms. The SMILES string of the molecule is CCC(=O)N1N=C(c2c(-c3ccccc3)c3cc(C)ccc3[nH]c2=O)CC1c1ccc(N(CC)CC)cc1. The number of rotatable bonds is 7. The molecule has 0 spiro atoms. The van der Waals surface area contributed by atoms with Crippen molar-refractivity contribution in [3.05, 3.63) is 99.8 Å². The molecule has 1 aliphatic heterocycles. The highest BCUT2D eigenvalue weighted by atomic mass is 16.2. The zero-order chi connectivity index (χ0) is 26.8. The second-order valence-corrected chi connectivity index (χ2v) is 9.74. The van der Waals surface area contributed by atoms with Gasteiger partial charge in [-0.2, -0.15) is 5.10 Å². The number of carbonyl (C=O) groups excluding carboxylic acids is 1. The summed E-state index contributed by atoms with van der Waals surface area (Å²) in [7, 11) is 0. The number of aromatic nitrogens is 1. The third kappa shape index (κ3) is 4.62. The number of aromatic amines is 1. The molecule has 1 atom stereocenters. The summed E-state index contributed by atoms with van der Waals surface area (Å²) in [4.78, 5) is 32.1. The summed E-state index contributed by atoms with van der Waals surface area (Å²) in [6, 6.07) is 24.1. The lowest BCUT2D eigenvalue weighted by molar-refractivity contribution is -0.132. The second-order valence-electron chi connectivity index (χ2n) is 9.74. The zero-order valence-corrected chi connectivity index (χ0v) is 22.5. The van der Waals surface area contributed by atoms with Crippen molar-refractivity contribution in [3.63, 3.8) is 0 Å². The van der Waals surface area contributed by atoms with E-state index in [1.807, 2.05) is 56.3 Å². The Hall–Kier alpha value is -4.19. The van der Waals surface area contributed by atoms with Crippen LogP contribution in [0.25, 0.3) is 22.0 Å². The number of pyridine rings is 1. The quantitative estimate of drug-likeness (QED) is 0.314. The fourth-order valence-corrected chi connectivity index (χ4v) is 5.40. The number of benzene rings is 3. The number of amides is 1. The number of aryl methyl sites for hydroxylation is 1. The lowest BCUT2D eigenvalue weighted by atomic mass is 9.90. The van der Waals surface area contributed by atoms with Crippen LogP contribution in [0.1, 0.15) is 56.3 Å². The van der Waals surface area contributed by atoms with Gasteiger partial charge in [0.15, 0.2) is 0 Å². The van der Waals surface area contributed by atoms with E-state index in [2.05, 4.69) is 54.1 Å². The van der Waals surface area contributed by atoms with Gasteiger partial charge in [0.1, 0.15) is 0 Å². The van der Waals surface area contributed by atoms with Gasteiger partial charge >= 0.3 is 0 Å². The third-order valence-electron chi connectivity index (χ3n) is 7.40. The van der Waals surface area contributed by atoms with Crippen molar-refractivity contribution in [2.75, 3.05) is 18.0 Å². The normalized spacial score (nSPS) is 15.1. The maximum Gasteiger partial charge on any atom is 0.258 e. The van der Waals surface area contributed by atoms with Gasteiger partial charge in [-0.1, -0.05) is 61.0 Å². The van der Waals surface area contributed by atoms with Crippen LogP contribution in [0.5, 0.6) is 0 Å². The summed E-state index contributed by atoms with van der Waals surface area (Å²) in [6.45, 7) is 10.0. The van der Waals surface area contributed by atoms with Gasteiger partial charge in [-0.15, -0.1) is 0 Å². The van der Waals surface area contributed by atoms with E-state index < -0.39 is 0 Å². The molecule has 0 fully saturated rings. The van der Waals surface area contributed by atoms with Crippen molar-refractivity contribution in [2.24, 2.45) is 5.10 Å². The minimum atomic E-state index is -0.264. The average molecular weight is 507 g/mol. The van der Waals surface area contributed by atoms with E-state index in [4.69, 9.17) is 5.10 Å². The van der Waals surface area contributed by atoms with E-state index in [1.54, 1.807) is 5.01 Å². The minimum Gasteiger partial charge on any atom is -0.372 e. The van der Waals surface area contributed by atoms with Crippen LogP contribution in [0, 0.1) is 6.92 Å². The standard InChI is InChI=1S/C32H34N4O2/c1-5-29(37)36-28(22-14-16-24(17-15-22)35(6-2)7-3)20-27(34-36)31-30(23-11-9-8-10-12-23)25-19-21(4)13-18-26(25)33-32(31)38/h8-19,28H,5-7,20H2,1-4H3,(H,33,38). The molecular weight excluding hydrogens is 472 g/mol. The van der Waals surface area contributed by atoms with E-state index >= 15 is 0 Å². The zero-order valence-electron chi connectivity index (χ0n) is 22.5. The molecule has 1 aromatic heterocycles. The molecule has 1 aliphatic rings. The van der Waals surface area contributed by atoms with Crippen LogP contribution in [0.4, 0.5) is 5.69 Å². The molecule has 0 saturated carbocycles. The molecule has 2 heterocycles. The number of carbonyl (C=O) groups is 1. The lowest BCUT2D eigenvalue weighted by Crippen LogP contribution is -2.26.